The minimum Gasteiger partial charge on any atom is -0.385 e. The van der Waals surface area contributed by atoms with Gasteiger partial charge in [-0.05, 0) is 30.9 Å². The Hall–Kier alpha value is -1.06. The zero-order chi connectivity index (χ0) is 12.7. The maximum atomic E-state index is 5.93. The van der Waals surface area contributed by atoms with E-state index in [1.54, 1.807) is 0 Å². The fourth-order valence-corrected chi connectivity index (χ4v) is 3.90. The molecule has 3 unspecified atom stereocenters. The average Bonchev–Trinajstić information content (AvgIpc) is 2.78. The molecule has 2 fully saturated rings. The molecular weight excluding hydrogens is 236 g/mol. The number of morpholine rings is 1. The Morgan fingerprint density at radius 2 is 1.89 bits per heavy atom. The van der Waals surface area contributed by atoms with Crippen molar-refractivity contribution in [2.75, 3.05) is 31.5 Å². The van der Waals surface area contributed by atoms with Crippen molar-refractivity contribution >= 4 is 5.69 Å². The summed E-state index contributed by atoms with van der Waals surface area (Å²) in [7, 11) is 0. The quantitative estimate of drug-likeness (QED) is 0.882. The molecule has 1 aromatic carbocycles. The van der Waals surface area contributed by atoms with Crippen LogP contribution in [0.25, 0.3) is 0 Å². The second-order valence-corrected chi connectivity index (χ2v) is 6.18. The number of likely N-dealkylation sites (tertiary alicyclic amines) is 1. The second-order valence-electron chi connectivity index (χ2n) is 6.18. The van der Waals surface area contributed by atoms with Gasteiger partial charge in [0.25, 0.3) is 0 Å². The average molecular weight is 258 g/mol. The molecule has 19 heavy (non-hydrogen) atoms. The Morgan fingerprint density at radius 3 is 2.74 bits per heavy atom. The molecule has 3 heteroatoms. The van der Waals surface area contributed by atoms with E-state index in [4.69, 9.17) is 4.74 Å². The minimum absolute atomic E-state index is 0.510. The van der Waals surface area contributed by atoms with E-state index in [9.17, 15) is 0 Å². The van der Waals surface area contributed by atoms with Gasteiger partial charge in [-0.1, -0.05) is 18.2 Å². The maximum absolute atomic E-state index is 5.93. The second kappa shape index (κ2) is 4.80. The highest BCUT2D eigenvalue weighted by molar-refractivity contribution is 5.54. The summed E-state index contributed by atoms with van der Waals surface area (Å²) in [5.74, 6) is 0.690. The van der Waals surface area contributed by atoms with E-state index in [0.29, 0.717) is 18.1 Å². The van der Waals surface area contributed by atoms with Crippen LogP contribution < -0.4 is 5.32 Å². The lowest BCUT2D eigenvalue weighted by Gasteiger charge is -2.36. The molecule has 0 saturated carbocycles. The molecule has 1 N–H and O–H groups in total. The van der Waals surface area contributed by atoms with Crippen molar-refractivity contribution in [1.29, 1.82) is 0 Å². The minimum atomic E-state index is 0.510. The molecule has 2 saturated heterocycles. The smallest absolute Gasteiger partial charge is 0.0707 e. The zero-order valence-electron chi connectivity index (χ0n) is 11.3. The molecule has 4 rings (SSSR count). The highest BCUT2D eigenvalue weighted by Crippen LogP contribution is 2.34. The number of nitrogens with zero attached hydrogens (tertiary/aromatic N) is 1. The van der Waals surface area contributed by atoms with Gasteiger partial charge in [0.05, 0.1) is 12.2 Å². The first-order chi connectivity index (χ1) is 9.38. The number of hydrogen-bond acceptors (Lipinski definition) is 3. The molecule has 3 nitrogen and oxygen atoms in total. The molecule has 0 spiro atoms. The van der Waals surface area contributed by atoms with Crippen molar-refractivity contribution in [2.24, 2.45) is 0 Å². The lowest BCUT2D eigenvalue weighted by atomic mass is 9.90. The molecule has 2 bridgehead atoms. The van der Waals surface area contributed by atoms with Crippen LogP contribution in [0, 0.1) is 0 Å². The van der Waals surface area contributed by atoms with E-state index in [0.717, 1.165) is 19.6 Å². The number of fused-ring (bicyclic) bond motifs is 3. The summed E-state index contributed by atoms with van der Waals surface area (Å²) in [4.78, 5) is 2.64. The van der Waals surface area contributed by atoms with Crippen LogP contribution in [0.5, 0.6) is 0 Å². The zero-order valence-corrected chi connectivity index (χ0v) is 11.3. The predicted molar refractivity (Wildman–Crippen MR) is 76.6 cm³/mol. The van der Waals surface area contributed by atoms with Gasteiger partial charge in [-0.2, -0.15) is 0 Å². The van der Waals surface area contributed by atoms with Crippen molar-refractivity contribution in [2.45, 2.75) is 37.4 Å². The summed E-state index contributed by atoms with van der Waals surface area (Å²) in [6.45, 7) is 4.60. The monoisotopic (exact) mass is 258 g/mol. The van der Waals surface area contributed by atoms with Crippen LogP contribution in [0.15, 0.2) is 24.3 Å². The van der Waals surface area contributed by atoms with Crippen LogP contribution >= 0.6 is 0 Å². The summed E-state index contributed by atoms with van der Waals surface area (Å²) in [5.41, 5.74) is 2.85. The molecule has 0 radical (unpaired) electrons. The third-order valence-electron chi connectivity index (χ3n) is 4.81. The van der Waals surface area contributed by atoms with Gasteiger partial charge < -0.3 is 10.1 Å². The number of anilines is 1. The Bertz CT molecular complexity index is 450. The van der Waals surface area contributed by atoms with Crippen molar-refractivity contribution in [3.05, 3.63) is 29.8 Å². The Balaban J connectivity index is 1.49. The molecule has 0 aromatic heterocycles. The Morgan fingerprint density at radius 1 is 1.11 bits per heavy atom. The summed E-state index contributed by atoms with van der Waals surface area (Å²) in [6.07, 6.45) is 4.81. The number of para-hydroxylation sites is 1. The van der Waals surface area contributed by atoms with Crippen LogP contribution in [0.3, 0.4) is 0 Å². The van der Waals surface area contributed by atoms with Gasteiger partial charge in [0.1, 0.15) is 0 Å². The summed E-state index contributed by atoms with van der Waals surface area (Å²) in [5, 5.41) is 3.52. The third-order valence-corrected chi connectivity index (χ3v) is 4.81. The van der Waals surface area contributed by atoms with Gasteiger partial charge in [0.2, 0.25) is 0 Å². The largest absolute Gasteiger partial charge is 0.385 e. The molecule has 3 heterocycles. The molecule has 3 aliphatic heterocycles. The van der Waals surface area contributed by atoms with Crippen LogP contribution in [0.4, 0.5) is 5.69 Å². The number of benzene rings is 1. The highest BCUT2D eigenvalue weighted by Gasteiger charge is 2.34. The van der Waals surface area contributed by atoms with E-state index >= 15 is 0 Å². The molecule has 3 atom stereocenters. The van der Waals surface area contributed by atoms with E-state index in [2.05, 4.69) is 34.5 Å². The van der Waals surface area contributed by atoms with Crippen LogP contribution in [0.1, 0.15) is 30.7 Å². The van der Waals surface area contributed by atoms with Crippen molar-refractivity contribution in [3.63, 3.8) is 0 Å². The maximum Gasteiger partial charge on any atom is 0.0707 e. The van der Waals surface area contributed by atoms with Gasteiger partial charge in [0.15, 0.2) is 0 Å². The molecule has 102 valence electrons. The number of ether oxygens (including phenoxy) is 1. The Kier molecular flexibility index (Phi) is 2.97. The molecule has 1 aromatic rings. The van der Waals surface area contributed by atoms with Crippen LogP contribution in [-0.2, 0) is 4.74 Å². The van der Waals surface area contributed by atoms with E-state index in [1.807, 2.05) is 0 Å². The summed E-state index contributed by atoms with van der Waals surface area (Å²) < 4.78 is 5.93. The van der Waals surface area contributed by atoms with Gasteiger partial charge in [-0.25, -0.2) is 0 Å². The van der Waals surface area contributed by atoms with E-state index < -0.39 is 0 Å². The van der Waals surface area contributed by atoms with E-state index in [1.165, 1.54) is 37.1 Å². The fraction of sp³-hybridized carbons (Fsp3) is 0.625. The standard InChI is InChI=1S/C16H22N2O/c1-2-4-16-15(3-1)12(7-8-17-16)9-18-10-13-5-6-14(11-18)19-13/h1-4,12-14,17H,5-11H2. The Labute approximate surface area is 114 Å². The number of nitrogens with one attached hydrogen (secondary N) is 1. The van der Waals surface area contributed by atoms with Crippen molar-refractivity contribution in [3.8, 4) is 0 Å². The van der Waals surface area contributed by atoms with Crippen LogP contribution in [-0.4, -0.2) is 43.3 Å². The van der Waals surface area contributed by atoms with Gasteiger partial charge >= 0.3 is 0 Å². The molecule has 0 amide bonds. The highest BCUT2D eigenvalue weighted by atomic mass is 16.5. The summed E-state index contributed by atoms with van der Waals surface area (Å²) in [6, 6.07) is 8.80. The number of rotatable bonds is 2. The molecular formula is C16H22N2O. The SMILES string of the molecule is c1ccc2c(c1)NCCC2CN1CC2CCC(C1)O2. The third kappa shape index (κ3) is 2.26. The van der Waals surface area contributed by atoms with E-state index in [-0.39, 0.29) is 0 Å². The lowest BCUT2D eigenvalue weighted by molar-refractivity contribution is -0.0400. The first-order valence-electron chi connectivity index (χ1n) is 7.59. The molecule has 0 aliphatic carbocycles. The van der Waals surface area contributed by atoms with Crippen LogP contribution in [0.2, 0.25) is 0 Å². The first-order valence-corrected chi connectivity index (χ1v) is 7.59. The normalized spacial score (nSPS) is 33.8. The fourth-order valence-electron chi connectivity index (χ4n) is 3.90. The van der Waals surface area contributed by atoms with Crippen molar-refractivity contribution in [1.82, 2.24) is 4.90 Å². The van der Waals surface area contributed by atoms with Gasteiger partial charge in [0, 0.05) is 37.8 Å². The van der Waals surface area contributed by atoms with Gasteiger partial charge in [-0.3, -0.25) is 4.90 Å². The first kappa shape index (κ1) is 11.7. The number of hydrogen-bond donors (Lipinski definition) is 1. The molecule has 3 aliphatic rings. The predicted octanol–water partition coefficient (Wildman–Crippen LogP) is 2.45. The van der Waals surface area contributed by atoms with Crippen molar-refractivity contribution < 1.29 is 4.74 Å². The summed E-state index contributed by atoms with van der Waals surface area (Å²) >= 11 is 0. The topological polar surface area (TPSA) is 24.5 Å². The van der Waals surface area contributed by atoms with Gasteiger partial charge in [-0.15, -0.1) is 0 Å². The lowest BCUT2D eigenvalue weighted by Crippen LogP contribution is -2.44.